The SMILES string of the molecule is CCCCc1cn(C2CCCCC2(CC)CC)c(=O)n1Cc1cnccc1-c1ccccc1-c1nn[nH]n1. The van der Waals surface area contributed by atoms with E-state index in [0.29, 0.717) is 12.4 Å². The first kappa shape index (κ1) is 26.1. The van der Waals surface area contributed by atoms with E-state index in [4.69, 9.17) is 0 Å². The molecule has 0 radical (unpaired) electrons. The summed E-state index contributed by atoms with van der Waals surface area (Å²) in [5, 5.41) is 14.7. The quantitative estimate of drug-likeness (QED) is 0.272. The van der Waals surface area contributed by atoms with Crippen LogP contribution >= 0.6 is 0 Å². The molecule has 5 rings (SSSR count). The van der Waals surface area contributed by atoms with Gasteiger partial charge in [-0.05, 0) is 71.9 Å². The van der Waals surface area contributed by atoms with E-state index in [1.807, 2.05) is 35.0 Å². The highest BCUT2D eigenvalue weighted by molar-refractivity contribution is 5.81. The fourth-order valence-electron chi connectivity index (χ4n) is 6.47. The zero-order chi connectivity index (χ0) is 26.5. The van der Waals surface area contributed by atoms with Gasteiger partial charge in [0, 0.05) is 35.9 Å². The summed E-state index contributed by atoms with van der Waals surface area (Å²) in [6, 6.07) is 10.3. The Morgan fingerprint density at radius 1 is 1.05 bits per heavy atom. The predicted molar refractivity (Wildman–Crippen MR) is 150 cm³/mol. The number of hydrogen-bond acceptors (Lipinski definition) is 5. The van der Waals surface area contributed by atoms with Gasteiger partial charge in [0.05, 0.1) is 6.54 Å². The van der Waals surface area contributed by atoms with Crippen LogP contribution in [0.1, 0.15) is 89.4 Å². The Morgan fingerprint density at radius 3 is 2.61 bits per heavy atom. The minimum atomic E-state index is 0.107. The van der Waals surface area contributed by atoms with Gasteiger partial charge in [-0.1, -0.05) is 64.3 Å². The minimum Gasteiger partial charge on any atom is -0.295 e. The number of aryl methyl sites for hydroxylation is 1. The number of rotatable bonds is 10. The van der Waals surface area contributed by atoms with Crippen molar-refractivity contribution in [3.05, 3.63) is 70.7 Å². The number of unbranched alkanes of at least 4 members (excludes halogenated alkanes) is 1. The molecule has 1 N–H and O–H groups in total. The molecule has 4 aromatic rings. The first-order chi connectivity index (χ1) is 18.6. The number of pyridine rings is 1. The first-order valence-electron chi connectivity index (χ1n) is 14.2. The van der Waals surface area contributed by atoms with E-state index in [1.54, 1.807) is 6.20 Å². The number of aromatic nitrogens is 7. The molecule has 1 fully saturated rings. The molecular weight excluding hydrogens is 474 g/mol. The van der Waals surface area contributed by atoms with Gasteiger partial charge >= 0.3 is 5.69 Å². The van der Waals surface area contributed by atoms with Crippen LogP contribution in [0.15, 0.2) is 53.7 Å². The van der Waals surface area contributed by atoms with Crippen molar-refractivity contribution in [1.29, 1.82) is 0 Å². The van der Waals surface area contributed by atoms with E-state index >= 15 is 0 Å². The van der Waals surface area contributed by atoms with Gasteiger partial charge in [0.2, 0.25) is 5.82 Å². The van der Waals surface area contributed by atoms with Crippen molar-refractivity contribution >= 4 is 0 Å². The third kappa shape index (κ3) is 4.84. The normalized spacial score (nSPS) is 17.1. The molecule has 8 heteroatoms. The zero-order valence-electron chi connectivity index (χ0n) is 22.9. The second kappa shape index (κ2) is 11.5. The molecule has 0 amide bonds. The summed E-state index contributed by atoms with van der Waals surface area (Å²) in [5.74, 6) is 0.545. The van der Waals surface area contributed by atoms with Crippen molar-refractivity contribution in [3.63, 3.8) is 0 Å². The van der Waals surface area contributed by atoms with Crippen LogP contribution in [0, 0.1) is 5.41 Å². The maximum Gasteiger partial charge on any atom is 0.328 e. The fourth-order valence-corrected chi connectivity index (χ4v) is 6.47. The van der Waals surface area contributed by atoms with Crippen molar-refractivity contribution in [3.8, 4) is 22.5 Å². The van der Waals surface area contributed by atoms with E-state index in [9.17, 15) is 4.79 Å². The van der Waals surface area contributed by atoms with Crippen molar-refractivity contribution in [2.45, 2.75) is 91.1 Å². The van der Waals surface area contributed by atoms with Crippen LogP contribution in [0.25, 0.3) is 22.5 Å². The largest absolute Gasteiger partial charge is 0.328 e. The van der Waals surface area contributed by atoms with E-state index in [2.05, 4.69) is 63.2 Å². The summed E-state index contributed by atoms with van der Waals surface area (Å²) in [4.78, 5) is 18.6. The lowest BCUT2D eigenvalue weighted by molar-refractivity contribution is 0.0872. The van der Waals surface area contributed by atoms with Gasteiger partial charge in [0.25, 0.3) is 0 Å². The summed E-state index contributed by atoms with van der Waals surface area (Å²) >= 11 is 0. The van der Waals surface area contributed by atoms with Crippen LogP contribution in [-0.4, -0.2) is 34.7 Å². The van der Waals surface area contributed by atoms with Gasteiger partial charge in [0.1, 0.15) is 0 Å². The number of imidazole rings is 1. The monoisotopic (exact) mass is 513 g/mol. The Hall–Kier alpha value is -3.55. The highest BCUT2D eigenvalue weighted by Crippen LogP contribution is 2.49. The lowest BCUT2D eigenvalue weighted by Crippen LogP contribution is -2.39. The summed E-state index contributed by atoms with van der Waals surface area (Å²) in [6.45, 7) is 7.27. The zero-order valence-corrected chi connectivity index (χ0v) is 22.9. The molecule has 0 aliphatic heterocycles. The highest BCUT2D eigenvalue weighted by Gasteiger charge is 2.40. The molecule has 0 saturated heterocycles. The molecule has 0 spiro atoms. The molecule has 3 heterocycles. The average molecular weight is 514 g/mol. The fraction of sp³-hybridized carbons (Fsp3) is 0.500. The van der Waals surface area contributed by atoms with Crippen LogP contribution < -0.4 is 5.69 Å². The number of nitrogens with zero attached hydrogens (tertiary/aromatic N) is 6. The maximum absolute atomic E-state index is 14.2. The van der Waals surface area contributed by atoms with Crippen LogP contribution in [0.2, 0.25) is 0 Å². The van der Waals surface area contributed by atoms with Crippen molar-refractivity contribution in [1.82, 2.24) is 34.7 Å². The lowest BCUT2D eigenvalue weighted by Gasteiger charge is -2.43. The number of tetrazole rings is 1. The van der Waals surface area contributed by atoms with E-state index in [0.717, 1.165) is 66.5 Å². The van der Waals surface area contributed by atoms with Gasteiger partial charge in [-0.25, -0.2) is 4.79 Å². The summed E-state index contributed by atoms with van der Waals surface area (Å²) in [6.07, 6.45) is 15.8. The lowest BCUT2D eigenvalue weighted by atomic mass is 9.67. The number of hydrogen-bond donors (Lipinski definition) is 1. The topological polar surface area (TPSA) is 94.3 Å². The third-order valence-electron chi connectivity index (χ3n) is 8.76. The van der Waals surface area contributed by atoms with Crippen molar-refractivity contribution < 1.29 is 0 Å². The molecule has 1 saturated carbocycles. The van der Waals surface area contributed by atoms with Crippen LogP contribution in [0.4, 0.5) is 0 Å². The smallest absolute Gasteiger partial charge is 0.295 e. The predicted octanol–water partition coefficient (Wildman–Crippen LogP) is 6.20. The molecule has 8 nitrogen and oxygen atoms in total. The number of nitrogens with one attached hydrogen (secondary N) is 1. The second-order valence-electron chi connectivity index (χ2n) is 10.6. The second-order valence-corrected chi connectivity index (χ2v) is 10.6. The van der Waals surface area contributed by atoms with Crippen LogP contribution in [0.3, 0.4) is 0 Å². The molecule has 1 aromatic carbocycles. The van der Waals surface area contributed by atoms with Crippen molar-refractivity contribution in [2.24, 2.45) is 5.41 Å². The molecule has 3 aromatic heterocycles. The molecule has 1 aliphatic rings. The van der Waals surface area contributed by atoms with Gasteiger partial charge < -0.3 is 0 Å². The Morgan fingerprint density at radius 2 is 1.87 bits per heavy atom. The Labute approximate surface area is 224 Å². The third-order valence-corrected chi connectivity index (χ3v) is 8.76. The summed E-state index contributed by atoms with van der Waals surface area (Å²) < 4.78 is 4.10. The summed E-state index contributed by atoms with van der Waals surface area (Å²) in [7, 11) is 0. The average Bonchev–Trinajstić information content (AvgIpc) is 3.61. The van der Waals surface area contributed by atoms with Gasteiger partial charge in [-0.3, -0.25) is 14.1 Å². The molecule has 1 aliphatic carbocycles. The Bertz CT molecular complexity index is 1400. The number of H-pyrrole nitrogens is 1. The van der Waals surface area contributed by atoms with Gasteiger partial charge in [0.15, 0.2) is 0 Å². The molecular formula is C30H39N7O. The Kier molecular flexibility index (Phi) is 7.86. The van der Waals surface area contributed by atoms with E-state index in [-0.39, 0.29) is 17.1 Å². The first-order valence-corrected chi connectivity index (χ1v) is 14.2. The molecule has 38 heavy (non-hydrogen) atoms. The van der Waals surface area contributed by atoms with Gasteiger partial charge in [-0.15, -0.1) is 10.2 Å². The maximum atomic E-state index is 14.2. The minimum absolute atomic E-state index is 0.107. The van der Waals surface area contributed by atoms with Gasteiger partial charge in [-0.2, -0.15) is 5.21 Å². The standard InChI is InChI=1S/C30H39N7O/c1-4-7-12-23-21-37(27-15-10-11-17-30(27,5-2)6-3)29(38)36(23)20-22-19-31-18-16-24(22)25-13-8-9-14-26(25)28-32-34-35-33-28/h8-9,13-14,16,18-19,21,27H,4-7,10-12,15,17,20H2,1-3H3,(H,32,33,34,35). The summed E-state index contributed by atoms with van der Waals surface area (Å²) in [5.41, 5.74) is 5.33. The van der Waals surface area contributed by atoms with Crippen LogP contribution in [0.5, 0.6) is 0 Å². The Balaban J connectivity index is 1.59. The number of aromatic amines is 1. The van der Waals surface area contributed by atoms with E-state index in [1.165, 1.54) is 19.3 Å². The van der Waals surface area contributed by atoms with Crippen molar-refractivity contribution in [2.75, 3.05) is 0 Å². The molecule has 1 atom stereocenters. The molecule has 1 unspecified atom stereocenters. The molecule has 0 bridgehead atoms. The highest BCUT2D eigenvalue weighted by atomic mass is 16.1. The van der Waals surface area contributed by atoms with E-state index < -0.39 is 0 Å². The number of benzene rings is 1. The van der Waals surface area contributed by atoms with Crippen LogP contribution in [-0.2, 0) is 13.0 Å². The molecule has 200 valence electrons.